The summed E-state index contributed by atoms with van der Waals surface area (Å²) < 4.78 is 12.3. The van der Waals surface area contributed by atoms with Gasteiger partial charge in [0.05, 0.1) is 28.6 Å². The molecule has 180 valence electrons. The van der Waals surface area contributed by atoms with Crippen molar-refractivity contribution in [3.05, 3.63) is 91.7 Å². The molecule has 0 spiro atoms. The van der Waals surface area contributed by atoms with Crippen LogP contribution in [0.2, 0.25) is 5.02 Å². The Morgan fingerprint density at radius 1 is 1.22 bits per heavy atom. The third-order valence-electron chi connectivity index (χ3n) is 5.35. The lowest BCUT2D eigenvalue weighted by Crippen LogP contribution is -2.20. The number of phenols is 1. The van der Waals surface area contributed by atoms with Crippen LogP contribution in [0, 0.1) is 10.1 Å². The van der Waals surface area contributed by atoms with E-state index in [0.29, 0.717) is 26.9 Å². The largest absolute Gasteiger partial charge is 0.500 e. The second-order valence-electron chi connectivity index (χ2n) is 7.68. The van der Waals surface area contributed by atoms with Gasteiger partial charge in [0.15, 0.2) is 11.5 Å². The molecule has 0 aliphatic heterocycles. The summed E-state index contributed by atoms with van der Waals surface area (Å²) in [4.78, 5) is 28.7. The zero-order valence-electron chi connectivity index (χ0n) is 18.7. The van der Waals surface area contributed by atoms with E-state index in [1.165, 1.54) is 12.3 Å². The maximum absolute atomic E-state index is 13.4. The Balaban J connectivity index is 1.71. The number of para-hydroxylation sites is 1. The Labute approximate surface area is 207 Å². The third-order valence-corrected chi connectivity index (χ3v) is 5.58. The van der Waals surface area contributed by atoms with Crippen molar-refractivity contribution in [2.75, 3.05) is 6.61 Å². The molecular weight excluding hydrogens is 488 g/mol. The lowest BCUT2D eigenvalue weighted by Gasteiger charge is -2.08. The summed E-state index contributed by atoms with van der Waals surface area (Å²) in [6.07, 6.45) is 1.25. The second-order valence-corrected chi connectivity index (χ2v) is 8.12. The highest BCUT2D eigenvalue weighted by molar-refractivity contribution is 6.31. The van der Waals surface area contributed by atoms with E-state index in [-0.39, 0.29) is 29.5 Å². The number of nitro benzene ring substituents is 1. The molecule has 11 heteroatoms. The summed E-state index contributed by atoms with van der Waals surface area (Å²) >= 11 is 6.10. The summed E-state index contributed by atoms with van der Waals surface area (Å²) in [5, 5.41) is 27.4. The summed E-state index contributed by atoms with van der Waals surface area (Å²) in [6.45, 7) is 1.86. The van der Waals surface area contributed by atoms with E-state index in [2.05, 4.69) is 10.1 Å². The van der Waals surface area contributed by atoms with Crippen LogP contribution < -0.4 is 10.3 Å². The van der Waals surface area contributed by atoms with Crippen LogP contribution in [-0.4, -0.2) is 32.5 Å². The summed E-state index contributed by atoms with van der Waals surface area (Å²) in [5.74, 6) is -0.267. The average molecular weight is 505 g/mol. The molecular formula is C25H17ClN4O6. The van der Waals surface area contributed by atoms with Crippen LogP contribution in [0.25, 0.3) is 33.5 Å². The zero-order chi connectivity index (χ0) is 25.4. The van der Waals surface area contributed by atoms with Crippen LogP contribution in [0.15, 0.2) is 75.0 Å². The monoisotopic (exact) mass is 504 g/mol. The Hall–Kier alpha value is -4.70. The van der Waals surface area contributed by atoms with Crippen LogP contribution in [0.3, 0.4) is 0 Å². The quantitative estimate of drug-likeness (QED) is 0.187. The number of rotatable bonds is 6. The van der Waals surface area contributed by atoms with Crippen molar-refractivity contribution in [1.29, 1.82) is 0 Å². The van der Waals surface area contributed by atoms with Gasteiger partial charge in [0, 0.05) is 22.0 Å². The number of ether oxygens (including phenoxy) is 1. The molecule has 0 saturated heterocycles. The first kappa shape index (κ1) is 23.1. The molecule has 2 heterocycles. The molecule has 0 fully saturated rings. The van der Waals surface area contributed by atoms with Gasteiger partial charge in [0.25, 0.3) is 5.56 Å². The van der Waals surface area contributed by atoms with Gasteiger partial charge in [-0.3, -0.25) is 14.9 Å². The Kier molecular flexibility index (Phi) is 5.87. The fourth-order valence-electron chi connectivity index (χ4n) is 3.73. The number of furan rings is 1. The number of fused-ring (bicyclic) bond motifs is 2. The number of hydrogen-bond acceptors (Lipinski definition) is 8. The normalized spacial score (nSPS) is 11.5. The van der Waals surface area contributed by atoms with Crippen LogP contribution in [0.4, 0.5) is 5.69 Å². The molecule has 36 heavy (non-hydrogen) atoms. The average Bonchev–Trinajstić information content (AvgIpc) is 3.28. The molecule has 0 atom stereocenters. The number of halogens is 1. The van der Waals surface area contributed by atoms with Gasteiger partial charge in [-0.05, 0) is 49.4 Å². The molecule has 0 unspecified atom stereocenters. The van der Waals surface area contributed by atoms with Crippen molar-refractivity contribution in [3.8, 4) is 23.1 Å². The minimum Gasteiger partial charge on any atom is -0.500 e. The Morgan fingerprint density at radius 3 is 2.81 bits per heavy atom. The molecule has 0 saturated carbocycles. The summed E-state index contributed by atoms with van der Waals surface area (Å²) in [7, 11) is 0. The maximum atomic E-state index is 13.4. The fourth-order valence-corrected chi connectivity index (χ4v) is 3.91. The number of benzene rings is 3. The van der Waals surface area contributed by atoms with Gasteiger partial charge in [-0.1, -0.05) is 23.7 Å². The molecule has 5 rings (SSSR count). The van der Waals surface area contributed by atoms with Gasteiger partial charge in [-0.2, -0.15) is 9.78 Å². The zero-order valence-corrected chi connectivity index (χ0v) is 19.5. The van der Waals surface area contributed by atoms with Crippen molar-refractivity contribution >= 4 is 45.4 Å². The minimum atomic E-state index is -0.732. The lowest BCUT2D eigenvalue weighted by molar-refractivity contribution is -0.386. The predicted octanol–water partition coefficient (Wildman–Crippen LogP) is 5.36. The number of nitro groups is 1. The third kappa shape index (κ3) is 4.14. The van der Waals surface area contributed by atoms with Gasteiger partial charge in [0.1, 0.15) is 5.58 Å². The van der Waals surface area contributed by atoms with E-state index >= 15 is 0 Å². The molecule has 0 radical (unpaired) electrons. The fraction of sp³-hybridized carbons (Fsp3) is 0.0800. The van der Waals surface area contributed by atoms with Crippen molar-refractivity contribution in [1.82, 2.24) is 9.66 Å². The highest BCUT2D eigenvalue weighted by Gasteiger charge is 2.20. The lowest BCUT2D eigenvalue weighted by atomic mass is 10.2. The van der Waals surface area contributed by atoms with Crippen molar-refractivity contribution in [2.45, 2.75) is 6.92 Å². The molecule has 10 nitrogen and oxygen atoms in total. The molecule has 0 aliphatic rings. The van der Waals surface area contributed by atoms with E-state index < -0.39 is 21.9 Å². The van der Waals surface area contributed by atoms with Gasteiger partial charge < -0.3 is 14.3 Å². The van der Waals surface area contributed by atoms with Crippen LogP contribution >= 0.6 is 11.6 Å². The second kappa shape index (κ2) is 9.16. The van der Waals surface area contributed by atoms with E-state index in [9.17, 15) is 20.0 Å². The van der Waals surface area contributed by atoms with E-state index in [0.717, 1.165) is 10.7 Å². The van der Waals surface area contributed by atoms with Crippen LogP contribution in [-0.2, 0) is 0 Å². The molecule has 5 aromatic rings. The van der Waals surface area contributed by atoms with Crippen LogP contribution in [0.5, 0.6) is 11.5 Å². The number of aromatic hydroxyl groups is 1. The highest BCUT2D eigenvalue weighted by atomic mass is 35.5. The van der Waals surface area contributed by atoms with Crippen molar-refractivity contribution < 1.29 is 19.2 Å². The molecule has 0 bridgehead atoms. The van der Waals surface area contributed by atoms with Gasteiger partial charge in [-0.25, -0.2) is 4.98 Å². The Bertz CT molecular complexity index is 1740. The molecule has 0 amide bonds. The topological polar surface area (TPSA) is 133 Å². The summed E-state index contributed by atoms with van der Waals surface area (Å²) in [6, 6.07) is 16.1. The molecule has 3 aromatic carbocycles. The van der Waals surface area contributed by atoms with Gasteiger partial charge >= 0.3 is 5.69 Å². The molecule has 1 N–H and O–H groups in total. The molecule has 2 aromatic heterocycles. The standard InChI is InChI=1S/C25H17ClN4O6/c1-2-35-21-10-14(9-19(23(21)31)30(33)34)13-27-29-24(28-18-6-4-3-5-17(18)25(29)32)22-12-15-11-16(26)7-8-20(15)36-22/h3-13,31H,2H2,1H3. The van der Waals surface area contributed by atoms with Crippen molar-refractivity contribution in [3.63, 3.8) is 0 Å². The number of phenolic OH excluding ortho intramolecular Hbond substituents is 1. The highest BCUT2D eigenvalue weighted by Crippen LogP contribution is 2.37. The number of aromatic nitrogens is 2. The number of nitrogens with zero attached hydrogens (tertiary/aromatic N) is 4. The summed E-state index contributed by atoms with van der Waals surface area (Å²) in [5.41, 5.74) is 0.193. The first-order chi connectivity index (χ1) is 17.4. The van der Waals surface area contributed by atoms with Crippen molar-refractivity contribution in [2.24, 2.45) is 5.10 Å². The van der Waals surface area contributed by atoms with E-state index in [1.807, 2.05) is 0 Å². The Morgan fingerprint density at radius 2 is 2.03 bits per heavy atom. The van der Waals surface area contributed by atoms with E-state index in [4.69, 9.17) is 20.8 Å². The van der Waals surface area contributed by atoms with E-state index in [1.54, 1.807) is 55.5 Å². The SMILES string of the molecule is CCOc1cc(C=Nn2c(-c3cc4cc(Cl)ccc4o3)nc3ccccc3c2=O)cc([N+](=O)[O-])c1O. The number of hydrogen-bond donors (Lipinski definition) is 1. The smallest absolute Gasteiger partial charge is 0.315 e. The van der Waals surface area contributed by atoms with Gasteiger partial charge in [0.2, 0.25) is 11.6 Å². The molecule has 0 aliphatic carbocycles. The van der Waals surface area contributed by atoms with Gasteiger partial charge in [-0.15, -0.1) is 0 Å². The first-order valence-electron chi connectivity index (χ1n) is 10.8. The predicted molar refractivity (Wildman–Crippen MR) is 135 cm³/mol. The maximum Gasteiger partial charge on any atom is 0.315 e. The first-order valence-corrected chi connectivity index (χ1v) is 11.1. The minimum absolute atomic E-state index is 0.0773. The van der Waals surface area contributed by atoms with Crippen LogP contribution in [0.1, 0.15) is 12.5 Å².